The molecule has 2 N–H and O–H groups in total. The Morgan fingerprint density at radius 1 is 1.65 bits per heavy atom. The third-order valence-electron chi connectivity index (χ3n) is 4.21. The van der Waals surface area contributed by atoms with Crippen molar-refractivity contribution >= 4 is 17.2 Å². The first-order valence-corrected chi connectivity index (χ1v) is 8.07. The Kier molecular flexibility index (Phi) is 3.84. The second kappa shape index (κ2) is 5.47. The highest BCUT2D eigenvalue weighted by molar-refractivity contribution is 7.14. The largest absolute Gasteiger partial charge is 0.386 e. The van der Waals surface area contributed by atoms with Crippen LogP contribution in [0.2, 0.25) is 0 Å². The maximum atomic E-state index is 12.2. The lowest BCUT2D eigenvalue weighted by molar-refractivity contribution is 0.0265. The minimum absolute atomic E-state index is 0.0719. The molecule has 1 aromatic heterocycles. The molecular weight excluding hydrogens is 274 g/mol. The third-order valence-corrected chi connectivity index (χ3v) is 5.45. The van der Waals surface area contributed by atoms with Crippen LogP contribution in [0.15, 0.2) is 6.07 Å². The standard InChI is InChI=1S/C15H21NO3S/c1-10-2-3-12-11(6-10)7-13(20-12)14(17)16-8-15(18)4-5-19-9-15/h7,10,18H,2-6,8-9H2,1H3,(H,16,17). The van der Waals surface area contributed by atoms with E-state index in [-0.39, 0.29) is 12.5 Å². The normalized spacial score (nSPS) is 29.2. The number of fused-ring (bicyclic) bond motifs is 1. The molecule has 0 bridgehead atoms. The molecule has 3 rings (SSSR count). The van der Waals surface area contributed by atoms with Crippen LogP contribution in [0.3, 0.4) is 0 Å². The molecule has 0 saturated carbocycles. The molecule has 1 amide bonds. The van der Waals surface area contributed by atoms with Gasteiger partial charge in [-0.1, -0.05) is 6.92 Å². The fourth-order valence-electron chi connectivity index (χ4n) is 2.89. The molecule has 110 valence electrons. The second-order valence-electron chi connectivity index (χ2n) is 6.12. The molecule has 4 nitrogen and oxygen atoms in total. The maximum absolute atomic E-state index is 12.2. The van der Waals surface area contributed by atoms with Gasteiger partial charge in [-0.05, 0) is 36.8 Å². The van der Waals surface area contributed by atoms with E-state index in [1.54, 1.807) is 11.3 Å². The smallest absolute Gasteiger partial charge is 0.261 e. The van der Waals surface area contributed by atoms with E-state index >= 15 is 0 Å². The van der Waals surface area contributed by atoms with Crippen LogP contribution in [0.5, 0.6) is 0 Å². The van der Waals surface area contributed by atoms with Crippen molar-refractivity contribution in [1.29, 1.82) is 0 Å². The van der Waals surface area contributed by atoms with Gasteiger partial charge in [0, 0.05) is 24.4 Å². The number of hydrogen-bond acceptors (Lipinski definition) is 4. The van der Waals surface area contributed by atoms with E-state index in [4.69, 9.17) is 4.74 Å². The van der Waals surface area contributed by atoms with Gasteiger partial charge in [0.1, 0.15) is 5.60 Å². The summed E-state index contributed by atoms with van der Waals surface area (Å²) in [4.78, 5) is 14.3. The third kappa shape index (κ3) is 2.90. The van der Waals surface area contributed by atoms with Crippen molar-refractivity contribution in [3.8, 4) is 0 Å². The minimum Gasteiger partial charge on any atom is -0.386 e. The Hall–Kier alpha value is -0.910. The van der Waals surface area contributed by atoms with Crippen molar-refractivity contribution < 1.29 is 14.6 Å². The molecule has 0 aromatic carbocycles. The predicted molar refractivity (Wildman–Crippen MR) is 78.2 cm³/mol. The van der Waals surface area contributed by atoms with Gasteiger partial charge >= 0.3 is 0 Å². The molecule has 2 heterocycles. The first-order chi connectivity index (χ1) is 9.56. The Balaban J connectivity index is 1.63. The predicted octanol–water partition coefficient (Wildman–Crippen LogP) is 1.75. The summed E-state index contributed by atoms with van der Waals surface area (Å²) in [5.41, 5.74) is 0.447. The number of carbonyl (C=O) groups is 1. The minimum atomic E-state index is -0.888. The van der Waals surface area contributed by atoms with Gasteiger partial charge in [0.05, 0.1) is 11.5 Å². The molecule has 2 unspecified atom stereocenters. The van der Waals surface area contributed by atoms with Crippen molar-refractivity contribution in [3.63, 3.8) is 0 Å². The first kappa shape index (κ1) is 14.0. The summed E-state index contributed by atoms with van der Waals surface area (Å²) in [7, 11) is 0. The lowest BCUT2D eigenvalue weighted by Crippen LogP contribution is -2.43. The van der Waals surface area contributed by atoms with Crippen LogP contribution in [-0.2, 0) is 17.6 Å². The van der Waals surface area contributed by atoms with Crippen LogP contribution < -0.4 is 5.32 Å². The number of rotatable bonds is 3. The van der Waals surface area contributed by atoms with Crippen molar-refractivity contribution in [2.45, 2.75) is 38.2 Å². The van der Waals surface area contributed by atoms with Gasteiger partial charge in [0.25, 0.3) is 5.91 Å². The van der Waals surface area contributed by atoms with Gasteiger partial charge in [0.15, 0.2) is 0 Å². The second-order valence-corrected chi connectivity index (χ2v) is 7.25. The number of aliphatic hydroxyl groups is 1. The van der Waals surface area contributed by atoms with Gasteiger partial charge < -0.3 is 15.2 Å². The molecule has 1 saturated heterocycles. The number of aryl methyl sites for hydroxylation is 1. The highest BCUT2D eigenvalue weighted by Crippen LogP contribution is 2.32. The highest BCUT2D eigenvalue weighted by atomic mass is 32.1. The molecule has 2 aliphatic rings. The Labute approximate surface area is 123 Å². The Morgan fingerprint density at radius 3 is 3.25 bits per heavy atom. The van der Waals surface area contributed by atoms with Crippen molar-refractivity contribution in [2.24, 2.45) is 5.92 Å². The highest BCUT2D eigenvalue weighted by Gasteiger charge is 2.32. The molecule has 2 atom stereocenters. The molecule has 1 aliphatic carbocycles. The summed E-state index contributed by atoms with van der Waals surface area (Å²) in [6, 6.07) is 2.03. The number of hydrogen-bond donors (Lipinski definition) is 2. The SMILES string of the molecule is CC1CCc2sc(C(=O)NCC3(O)CCOC3)cc2C1. The quantitative estimate of drug-likeness (QED) is 0.893. The number of nitrogens with one attached hydrogen (secondary N) is 1. The summed E-state index contributed by atoms with van der Waals surface area (Å²) < 4.78 is 5.18. The Bertz CT molecular complexity index is 505. The molecule has 1 aliphatic heterocycles. The van der Waals surface area contributed by atoms with Crippen molar-refractivity contribution in [2.75, 3.05) is 19.8 Å². The summed E-state index contributed by atoms with van der Waals surface area (Å²) in [6.07, 6.45) is 3.97. The zero-order chi connectivity index (χ0) is 14.2. The van der Waals surface area contributed by atoms with Crippen molar-refractivity contribution in [3.05, 3.63) is 21.4 Å². The monoisotopic (exact) mass is 295 g/mol. The average Bonchev–Trinajstić information content (AvgIpc) is 3.02. The van der Waals surface area contributed by atoms with E-state index in [1.807, 2.05) is 6.07 Å². The zero-order valence-electron chi connectivity index (χ0n) is 11.8. The topological polar surface area (TPSA) is 58.6 Å². The summed E-state index contributed by atoms with van der Waals surface area (Å²) in [5, 5.41) is 13.0. The Morgan fingerprint density at radius 2 is 2.50 bits per heavy atom. The van der Waals surface area contributed by atoms with E-state index in [0.29, 0.717) is 25.6 Å². The fraction of sp³-hybridized carbons (Fsp3) is 0.667. The first-order valence-electron chi connectivity index (χ1n) is 7.26. The van der Waals surface area contributed by atoms with E-state index < -0.39 is 5.60 Å². The summed E-state index contributed by atoms with van der Waals surface area (Å²) >= 11 is 1.60. The van der Waals surface area contributed by atoms with Crippen LogP contribution in [0, 0.1) is 5.92 Å². The van der Waals surface area contributed by atoms with Crippen LogP contribution in [0.25, 0.3) is 0 Å². The van der Waals surface area contributed by atoms with Crippen LogP contribution in [-0.4, -0.2) is 36.4 Å². The number of ether oxygens (including phenoxy) is 1. The van der Waals surface area contributed by atoms with Crippen LogP contribution in [0.4, 0.5) is 0 Å². The number of thiophene rings is 1. The maximum Gasteiger partial charge on any atom is 0.261 e. The van der Waals surface area contributed by atoms with E-state index in [1.165, 1.54) is 16.9 Å². The summed E-state index contributed by atoms with van der Waals surface area (Å²) in [5.74, 6) is 0.640. The molecule has 5 heteroatoms. The number of amides is 1. The number of carbonyl (C=O) groups excluding carboxylic acids is 1. The molecule has 20 heavy (non-hydrogen) atoms. The fourth-order valence-corrected chi connectivity index (χ4v) is 4.01. The van der Waals surface area contributed by atoms with Gasteiger partial charge in [-0.2, -0.15) is 0 Å². The molecule has 0 spiro atoms. The molecule has 1 fully saturated rings. The van der Waals surface area contributed by atoms with E-state index in [0.717, 1.165) is 17.7 Å². The molecular formula is C15H21NO3S. The van der Waals surface area contributed by atoms with E-state index in [2.05, 4.69) is 12.2 Å². The van der Waals surface area contributed by atoms with Crippen molar-refractivity contribution in [1.82, 2.24) is 5.32 Å². The lowest BCUT2D eigenvalue weighted by atomic mass is 9.90. The lowest BCUT2D eigenvalue weighted by Gasteiger charge is -2.20. The molecule has 1 aromatic rings. The average molecular weight is 295 g/mol. The van der Waals surface area contributed by atoms with Crippen LogP contribution >= 0.6 is 11.3 Å². The zero-order valence-corrected chi connectivity index (χ0v) is 12.6. The van der Waals surface area contributed by atoms with Gasteiger partial charge in [-0.25, -0.2) is 0 Å². The van der Waals surface area contributed by atoms with Gasteiger partial charge in [-0.15, -0.1) is 11.3 Å². The van der Waals surface area contributed by atoms with E-state index in [9.17, 15) is 9.90 Å². The van der Waals surface area contributed by atoms with Crippen LogP contribution in [0.1, 0.15) is 39.9 Å². The van der Waals surface area contributed by atoms with Gasteiger partial charge in [-0.3, -0.25) is 4.79 Å². The van der Waals surface area contributed by atoms with Gasteiger partial charge in [0.2, 0.25) is 0 Å². The summed E-state index contributed by atoms with van der Waals surface area (Å²) in [6.45, 7) is 3.41. The molecule has 0 radical (unpaired) electrons.